The smallest absolute Gasteiger partial charge is 0.258 e. The molecule has 2 aromatic heterocycles. The van der Waals surface area contributed by atoms with E-state index >= 15 is 0 Å². The molecule has 0 unspecified atom stereocenters. The van der Waals surface area contributed by atoms with E-state index < -0.39 is 0 Å². The van der Waals surface area contributed by atoms with Crippen LogP contribution in [0.2, 0.25) is 5.15 Å². The average Bonchev–Trinajstić information content (AvgIpc) is 3.04. The fraction of sp³-hybridized carbons (Fsp3) is 0.0625. The SMILES string of the molecule is O=C(Nc1ccc(Cn2cccn2)cc1)c1cc(Br)cnc1Cl. The van der Waals surface area contributed by atoms with Crippen LogP contribution in [0.5, 0.6) is 0 Å². The van der Waals surface area contributed by atoms with Crippen LogP contribution >= 0.6 is 27.5 Å². The van der Waals surface area contributed by atoms with E-state index in [0.29, 0.717) is 22.3 Å². The number of carbonyl (C=O) groups excluding carboxylic acids is 1. The van der Waals surface area contributed by atoms with Gasteiger partial charge in [0.05, 0.1) is 12.1 Å². The van der Waals surface area contributed by atoms with E-state index in [1.807, 2.05) is 41.2 Å². The lowest BCUT2D eigenvalue weighted by molar-refractivity contribution is 0.102. The standard InChI is InChI=1S/C16H12BrClN4O/c17-12-8-14(15(18)19-9-12)16(23)21-13-4-2-11(3-5-13)10-22-7-1-6-20-22/h1-9H,10H2,(H,21,23). The average molecular weight is 392 g/mol. The predicted molar refractivity (Wildman–Crippen MR) is 92.7 cm³/mol. The van der Waals surface area contributed by atoms with Crippen LogP contribution in [0.3, 0.4) is 0 Å². The number of hydrogen-bond acceptors (Lipinski definition) is 3. The Bertz CT molecular complexity index is 819. The van der Waals surface area contributed by atoms with Gasteiger partial charge < -0.3 is 5.32 Å². The minimum Gasteiger partial charge on any atom is -0.322 e. The van der Waals surface area contributed by atoms with Crippen LogP contribution in [-0.4, -0.2) is 20.7 Å². The molecule has 0 fully saturated rings. The Hall–Kier alpha value is -2.18. The summed E-state index contributed by atoms with van der Waals surface area (Å²) in [5.74, 6) is -0.302. The summed E-state index contributed by atoms with van der Waals surface area (Å²) in [7, 11) is 0. The van der Waals surface area contributed by atoms with Gasteiger partial charge in [-0.2, -0.15) is 5.10 Å². The number of hydrogen-bond donors (Lipinski definition) is 1. The second-order valence-electron chi connectivity index (χ2n) is 4.85. The predicted octanol–water partition coefficient (Wildman–Crippen LogP) is 3.99. The summed E-state index contributed by atoms with van der Waals surface area (Å²) in [5, 5.41) is 7.13. The highest BCUT2D eigenvalue weighted by Gasteiger charge is 2.12. The number of nitrogens with one attached hydrogen (secondary N) is 1. The summed E-state index contributed by atoms with van der Waals surface area (Å²) in [6, 6.07) is 11.1. The van der Waals surface area contributed by atoms with Crippen molar-refractivity contribution in [1.82, 2.24) is 14.8 Å². The minimum atomic E-state index is -0.302. The fourth-order valence-electron chi connectivity index (χ4n) is 2.05. The lowest BCUT2D eigenvalue weighted by Crippen LogP contribution is -2.13. The second-order valence-corrected chi connectivity index (χ2v) is 6.12. The molecule has 23 heavy (non-hydrogen) atoms. The second kappa shape index (κ2) is 6.93. The Morgan fingerprint density at radius 3 is 2.78 bits per heavy atom. The maximum absolute atomic E-state index is 12.3. The van der Waals surface area contributed by atoms with Gasteiger partial charge in [0.1, 0.15) is 5.15 Å². The molecule has 7 heteroatoms. The van der Waals surface area contributed by atoms with E-state index in [2.05, 4.69) is 31.3 Å². The van der Waals surface area contributed by atoms with Crippen molar-refractivity contribution >= 4 is 39.1 Å². The molecule has 0 aliphatic rings. The molecule has 1 N–H and O–H groups in total. The number of halogens is 2. The van der Waals surface area contributed by atoms with Crippen molar-refractivity contribution in [2.24, 2.45) is 0 Å². The molecule has 5 nitrogen and oxygen atoms in total. The summed E-state index contributed by atoms with van der Waals surface area (Å²) in [5.41, 5.74) is 2.10. The molecule has 1 aromatic carbocycles. The third-order valence-corrected chi connectivity index (χ3v) is 3.90. The number of aromatic nitrogens is 3. The number of anilines is 1. The molecule has 0 bridgehead atoms. The molecule has 3 rings (SSSR count). The summed E-state index contributed by atoms with van der Waals surface area (Å²) in [4.78, 5) is 16.2. The Morgan fingerprint density at radius 2 is 2.09 bits per heavy atom. The quantitative estimate of drug-likeness (QED) is 0.684. The molecule has 0 aliphatic heterocycles. The first-order valence-electron chi connectivity index (χ1n) is 6.80. The molecule has 0 saturated carbocycles. The molecule has 0 radical (unpaired) electrons. The topological polar surface area (TPSA) is 59.8 Å². The van der Waals surface area contributed by atoms with Crippen molar-refractivity contribution in [1.29, 1.82) is 0 Å². The van der Waals surface area contributed by atoms with Gasteiger partial charge in [0, 0.05) is 28.8 Å². The van der Waals surface area contributed by atoms with E-state index in [9.17, 15) is 4.79 Å². The zero-order valence-corrected chi connectivity index (χ0v) is 14.3. The summed E-state index contributed by atoms with van der Waals surface area (Å²) < 4.78 is 2.53. The van der Waals surface area contributed by atoms with Gasteiger partial charge in [0.25, 0.3) is 5.91 Å². The number of carbonyl (C=O) groups is 1. The van der Waals surface area contributed by atoms with E-state index in [1.54, 1.807) is 18.5 Å². The molecule has 0 aliphatic carbocycles. The molecule has 0 atom stereocenters. The number of benzene rings is 1. The first-order chi connectivity index (χ1) is 11.1. The van der Waals surface area contributed by atoms with Crippen LogP contribution in [0, 0.1) is 0 Å². The number of amides is 1. The molecule has 1 amide bonds. The molecule has 0 saturated heterocycles. The molecule has 2 heterocycles. The third-order valence-electron chi connectivity index (χ3n) is 3.17. The number of rotatable bonds is 4. The first-order valence-corrected chi connectivity index (χ1v) is 7.98. The van der Waals surface area contributed by atoms with Gasteiger partial charge in [-0.1, -0.05) is 23.7 Å². The summed E-state index contributed by atoms with van der Waals surface area (Å²) >= 11 is 9.24. The molecular weight excluding hydrogens is 380 g/mol. The Labute approximate surface area is 146 Å². The lowest BCUT2D eigenvalue weighted by Gasteiger charge is -2.08. The van der Waals surface area contributed by atoms with E-state index in [1.165, 1.54) is 0 Å². The number of pyridine rings is 1. The van der Waals surface area contributed by atoms with Gasteiger partial charge in [-0.05, 0) is 45.8 Å². The van der Waals surface area contributed by atoms with Gasteiger partial charge in [-0.3, -0.25) is 9.48 Å². The first kappa shape index (κ1) is 15.7. The zero-order valence-electron chi connectivity index (χ0n) is 11.9. The summed E-state index contributed by atoms with van der Waals surface area (Å²) in [6.45, 7) is 0.683. The van der Waals surface area contributed by atoms with Crippen molar-refractivity contribution in [2.75, 3.05) is 5.32 Å². The largest absolute Gasteiger partial charge is 0.322 e. The zero-order chi connectivity index (χ0) is 16.2. The van der Waals surface area contributed by atoms with Crippen molar-refractivity contribution in [3.8, 4) is 0 Å². The van der Waals surface area contributed by atoms with E-state index in [-0.39, 0.29) is 11.1 Å². The van der Waals surface area contributed by atoms with Crippen molar-refractivity contribution in [2.45, 2.75) is 6.54 Å². The molecule has 0 spiro atoms. The Kier molecular flexibility index (Phi) is 4.73. The van der Waals surface area contributed by atoms with Gasteiger partial charge in [-0.15, -0.1) is 0 Å². The van der Waals surface area contributed by atoms with Crippen LogP contribution < -0.4 is 5.32 Å². The fourth-order valence-corrected chi connectivity index (χ4v) is 2.58. The summed E-state index contributed by atoms with van der Waals surface area (Å²) in [6.07, 6.45) is 5.19. The lowest BCUT2D eigenvalue weighted by atomic mass is 10.2. The van der Waals surface area contributed by atoms with E-state index in [0.717, 1.165) is 5.56 Å². The van der Waals surface area contributed by atoms with Crippen LogP contribution in [0.4, 0.5) is 5.69 Å². The molecular formula is C16H12BrClN4O. The van der Waals surface area contributed by atoms with Gasteiger partial charge in [0.2, 0.25) is 0 Å². The van der Waals surface area contributed by atoms with Crippen molar-refractivity contribution in [3.63, 3.8) is 0 Å². The highest BCUT2D eigenvalue weighted by atomic mass is 79.9. The third kappa shape index (κ3) is 3.97. The maximum Gasteiger partial charge on any atom is 0.258 e. The normalized spacial score (nSPS) is 10.5. The molecule has 3 aromatic rings. The Balaban J connectivity index is 1.70. The highest BCUT2D eigenvalue weighted by Crippen LogP contribution is 2.20. The van der Waals surface area contributed by atoms with Crippen LogP contribution in [0.1, 0.15) is 15.9 Å². The van der Waals surface area contributed by atoms with Gasteiger partial charge in [-0.25, -0.2) is 4.98 Å². The molecule has 116 valence electrons. The maximum atomic E-state index is 12.3. The van der Waals surface area contributed by atoms with Gasteiger partial charge >= 0.3 is 0 Å². The van der Waals surface area contributed by atoms with Crippen LogP contribution in [0.25, 0.3) is 0 Å². The number of nitrogens with zero attached hydrogens (tertiary/aromatic N) is 3. The monoisotopic (exact) mass is 390 g/mol. The van der Waals surface area contributed by atoms with Crippen molar-refractivity contribution in [3.05, 3.63) is 75.7 Å². The van der Waals surface area contributed by atoms with Gasteiger partial charge in [0.15, 0.2) is 0 Å². The Morgan fingerprint density at radius 1 is 1.30 bits per heavy atom. The van der Waals surface area contributed by atoms with Crippen LogP contribution in [-0.2, 0) is 6.54 Å². The van der Waals surface area contributed by atoms with Crippen LogP contribution in [0.15, 0.2) is 59.5 Å². The highest BCUT2D eigenvalue weighted by molar-refractivity contribution is 9.10. The van der Waals surface area contributed by atoms with E-state index in [4.69, 9.17) is 11.6 Å². The van der Waals surface area contributed by atoms with Crippen molar-refractivity contribution < 1.29 is 4.79 Å². The minimum absolute atomic E-state index is 0.168.